The van der Waals surface area contributed by atoms with Crippen LogP contribution >= 0.6 is 34.8 Å². The van der Waals surface area contributed by atoms with Gasteiger partial charge >= 0.3 is 0 Å². The third-order valence-electron chi connectivity index (χ3n) is 3.88. The van der Waals surface area contributed by atoms with E-state index in [2.05, 4.69) is 5.32 Å². The maximum atomic E-state index is 12.5. The minimum absolute atomic E-state index is 0.0501. The summed E-state index contributed by atoms with van der Waals surface area (Å²) < 4.78 is 5.61. The smallest absolute Gasteiger partial charge is 0.290 e. The van der Waals surface area contributed by atoms with Crippen LogP contribution in [0.1, 0.15) is 18.1 Å². The first-order valence-electron chi connectivity index (χ1n) is 7.86. The van der Waals surface area contributed by atoms with Crippen LogP contribution in [0.2, 0.25) is 15.1 Å². The van der Waals surface area contributed by atoms with Crippen molar-refractivity contribution in [1.29, 1.82) is 0 Å². The third kappa shape index (κ3) is 4.44. The van der Waals surface area contributed by atoms with Gasteiger partial charge in [0.2, 0.25) is 0 Å². The normalized spacial score (nSPS) is 16.2. The van der Waals surface area contributed by atoms with Gasteiger partial charge in [-0.25, -0.2) is 0 Å². The summed E-state index contributed by atoms with van der Waals surface area (Å²) in [6, 6.07) is 8.43. The molecule has 2 aromatic rings. The monoisotopic (exact) mass is 440 g/mol. The Bertz CT molecular complexity index is 1020. The summed E-state index contributed by atoms with van der Waals surface area (Å²) >= 11 is 17.8. The van der Waals surface area contributed by atoms with E-state index in [4.69, 9.17) is 39.5 Å². The van der Waals surface area contributed by atoms with Gasteiger partial charge in [0, 0.05) is 18.2 Å². The van der Waals surface area contributed by atoms with Crippen molar-refractivity contribution in [2.45, 2.75) is 12.5 Å². The predicted octanol–water partition coefficient (Wildman–Crippen LogP) is 5.11. The average Bonchev–Trinajstić information content (AvgIpc) is 2.65. The number of benzene rings is 2. The number of ether oxygens (including phenoxy) is 1. The second-order valence-electron chi connectivity index (χ2n) is 5.84. The maximum Gasteiger partial charge on any atom is 0.290 e. The van der Waals surface area contributed by atoms with E-state index in [1.165, 1.54) is 30.3 Å². The molecule has 1 aliphatic heterocycles. The summed E-state index contributed by atoms with van der Waals surface area (Å²) in [5.41, 5.74) is 0.459. The second-order valence-corrected chi connectivity index (χ2v) is 7.06. The molecule has 0 fully saturated rings. The quantitative estimate of drug-likeness (QED) is 0.404. The molecule has 0 unspecified atom stereocenters. The van der Waals surface area contributed by atoms with Gasteiger partial charge in [0.15, 0.2) is 11.5 Å². The molecule has 0 saturated carbocycles. The van der Waals surface area contributed by atoms with Crippen LogP contribution < -0.4 is 5.32 Å². The van der Waals surface area contributed by atoms with Gasteiger partial charge in [-0.1, -0.05) is 46.9 Å². The average molecular weight is 442 g/mol. The molecule has 1 aliphatic rings. The highest BCUT2D eigenvalue weighted by Crippen LogP contribution is 2.34. The summed E-state index contributed by atoms with van der Waals surface area (Å²) in [5, 5.41) is 14.0. The lowest BCUT2D eigenvalue weighted by Gasteiger charge is -2.23. The highest BCUT2D eigenvalue weighted by atomic mass is 35.5. The van der Waals surface area contributed by atoms with Gasteiger partial charge in [0.05, 0.1) is 32.1 Å². The van der Waals surface area contributed by atoms with E-state index in [1.807, 2.05) is 0 Å². The number of hydrogen-bond acceptors (Lipinski definition) is 5. The number of anilines is 1. The second kappa shape index (κ2) is 8.18. The van der Waals surface area contributed by atoms with Crippen molar-refractivity contribution in [1.82, 2.24) is 0 Å². The van der Waals surface area contributed by atoms with Crippen LogP contribution in [0.3, 0.4) is 0 Å². The number of nitrogens with one attached hydrogen (secondary N) is 1. The Morgan fingerprint density at radius 3 is 2.57 bits per heavy atom. The minimum Gasteiger partial charge on any atom is -0.479 e. The lowest BCUT2D eigenvalue weighted by molar-refractivity contribution is -0.385. The number of halogens is 3. The van der Waals surface area contributed by atoms with Gasteiger partial charge < -0.3 is 10.1 Å². The Balaban J connectivity index is 1.82. The van der Waals surface area contributed by atoms with Crippen molar-refractivity contribution in [3.8, 4) is 0 Å². The number of nitro benzene ring substituents is 1. The van der Waals surface area contributed by atoms with Crippen LogP contribution in [0.5, 0.6) is 0 Å². The molecule has 0 bridgehead atoms. The molecule has 0 saturated heterocycles. The highest BCUT2D eigenvalue weighted by Gasteiger charge is 2.28. The molecular formula is C18H11Cl3N2O5. The van der Waals surface area contributed by atoms with Gasteiger partial charge in [0.1, 0.15) is 6.10 Å². The molecule has 0 spiro atoms. The third-order valence-corrected chi connectivity index (χ3v) is 4.92. The molecule has 0 aliphatic carbocycles. The molecule has 7 nitrogen and oxygen atoms in total. The number of ketones is 1. The van der Waals surface area contributed by atoms with Crippen LogP contribution in [-0.4, -0.2) is 16.6 Å². The van der Waals surface area contributed by atoms with Gasteiger partial charge in [-0.05, 0) is 17.7 Å². The lowest BCUT2D eigenvalue weighted by atomic mass is 10.0. The van der Waals surface area contributed by atoms with Gasteiger partial charge in [-0.2, -0.15) is 0 Å². The first-order chi connectivity index (χ1) is 13.2. The van der Waals surface area contributed by atoms with Crippen molar-refractivity contribution in [3.05, 3.63) is 79.0 Å². The zero-order chi connectivity index (χ0) is 20.4. The Morgan fingerprint density at radius 1 is 1.14 bits per heavy atom. The van der Waals surface area contributed by atoms with Gasteiger partial charge in [0.25, 0.3) is 11.6 Å². The molecule has 1 amide bonds. The van der Waals surface area contributed by atoms with Crippen LogP contribution in [-0.2, 0) is 14.3 Å². The van der Waals surface area contributed by atoms with Crippen molar-refractivity contribution < 1.29 is 19.2 Å². The molecule has 144 valence electrons. The van der Waals surface area contributed by atoms with E-state index in [1.54, 1.807) is 6.07 Å². The van der Waals surface area contributed by atoms with Crippen LogP contribution in [0.4, 0.5) is 11.4 Å². The molecule has 1 heterocycles. The van der Waals surface area contributed by atoms with E-state index in [9.17, 15) is 19.7 Å². The zero-order valence-corrected chi connectivity index (χ0v) is 16.2. The van der Waals surface area contributed by atoms with Crippen molar-refractivity contribution in [2.24, 2.45) is 0 Å². The van der Waals surface area contributed by atoms with E-state index in [0.717, 1.165) is 6.08 Å². The molecule has 2 aromatic carbocycles. The first kappa shape index (κ1) is 20.1. The minimum atomic E-state index is -0.831. The predicted molar refractivity (Wildman–Crippen MR) is 105 cm³/mol. The first-order valence-corrected chi connectivity index (χ1v) is 8.99. The standard InChI is InChI=1S/C18H11Cl3N2O5/c19-12-7-14(21)15(8-13(12)20)22-18(25)17-6-11(24)5-16(28-17)9-2-1-3-10(4-9)23(26)27/h1-4,6-8,16H,5H2,(H,22,25)/t16-/m1/s1. The highest BCUT2D eigenvalue weighted by molar-refractivity contribution is 6.44. The number of hydrogen-bond donors (Lipinski definition) is 1. The number of nitrogens with zero attached hydrogens (tertiary/aromatic N) is 1. The summed E-state index contributed by atoms with van der Waals surface area (Å²) in [7, 11) is 0. The van der Waals surface area contributed by atoms with Gasteiger partial charge in [-0.15, -0.1) is 0 Å². The summed E-state index contributed by atoms with van der Waals surface area (Å²) in [5.74, 6) is -1.31. The van der Waals surface area contributed by atoms with E-state index in [-0.39, 0.29) is 44.4 Å². The Hall–Kier alpha value is -2.61. The molecule has 0 aromatic heterocycles. The molecular weight excluding hydrogens is 431 g/mol. The number of carbonyl (C=O) groups excluding carboxylic acids is 2. The Morgan fingerprint density at radius 2 is 1.86 bits per heavy atom. The van der Waals surface area contributed by atoms with E-state index < -0.39 is 16.9 Å². The van der Waals surface area contributed by atoms with Crippen molar-refractivity contribution in [3.63, 3.8) is 0 Å². The topological polar surface area (TPSA) is 98.5 Å². The molecule has 1 atom stereocenters. The summed E-state index contributed by atoms with van der Waals surface area (Å²) in [6.45, 7) is 0. The van der Waals surface area contributed by atoms with Crippen molar-refractivity contribution in [2.75, 3.05) is 5.32 Å². The SMILES string of the molecule is O=C1C=C(C(=O)Nc2cc(Cl)c(Cl)cc2Cl)O[C@@H](c2cccc([N+](=O)[O-])c2)C1. The van der Waals surface area contributed by atoms with Crippen molar-refractivity contribution >= 4 is 57.9 Å². The number of amides is 1. The fourth-order valence-electron chi connectivity index (χ4n) is 2.56. The van der Waals surface area contributed by atoms with Crippen LogP contribution in [0.15, 0.2) is 48.2 Å². The maximum absolute atomic E-state index is 12.5. The fraction of sp³-hybridized carbons (Fsp3) is 0.111. The number of allylic oxidation sites excluding steroid dienone is 1. The Labute approximate surface area is 174 Å². The number of carbonyl (C=O) groups is 2. The largest absolute Gasteiger partial charge is 0.479 e. The number of nitro groups is 1. The molecule has 28 heavy (non-hydrogen) atoms. The van der Waals surface area contributed by atoms with E-state index in [0.29, 0.717) is 5.56 Å². The van der Waals surface area contributed by atoms with Crippen LogP contribution in [0.25, 0.3) is 0 Å². The summed E-state index contributed by atoms with van der Waals surface area (Å²) in [4.78, 5) is 35.0. The van der Waals surface area contributed by atoms with Crippen LogP contribution in [0, 0.1) is 10.1 Å². The molecule has 3 rings (SSSR count). The number of rotatable bonds is 4. The zero-order valence-electron chi connectivity index (χ0n) is 13.9. The summed E-state index contributed by atoms with van der Waals surface area (Å²) in [6.07, 6.45) is 0.183. The lowest BCUT2D eigenvalue weighted by Crippen LogP contribution is -2.24. The molecule has 1 N–H and O–H groups in total. The molecule has 0 radical (unpaired) electrons. The van der Waals surface area contributed by atoms with Gasteiger partial charge in [-0.3, -0.25) is 19.7 Å². The Kier molecular flexibility index (Phi) is 5.88. The fourth-order valence-corrected chi connectivity index (χ4v) is 3.16. The number of non-ortho nitro benzene ring substituents is 1. The van der Waals surface area contributed by atoms with E-state index >= 15 is 0 Å². The molecule has 10 heteroatoms.